The largest absolute Gasteiger partial charge is 0.475 e. The molecule has 1 N–H and O–H groups in total. The number of hydrogen-bond acceptors (Lipinski definition) is 6. The molecule has 0 radical (unpaired) electrons. The lowest BCUT2D eigenvalue weighted by Crippen LogP contribution is -2.58. The lowest BCUT2D eigenvalue weighted by molar-refractivity contribution is -0.144. The van der Waals surface area contributed by atoms with E-state index in [-0.39, 0.29) is 18.7 Å². The monoisotopic (exact) mass is 377 g/mol. The van der Waals surface area contributed by atoms with Gasteiger partial charge in [0.2, 0.25) is 0 Å². The molecule has 3 saturated carbocycles. The topological polar surface area (TPSA) is 82.5 Å². The van der Waals surface area contributed by atoms with Gasteiger partial charge in [-0.3, -0.25) is 9.59 Å². The van der Waals surface area contributed by atoms with Crippen molar-refractivity contribution in [1.29, 1.82) is 0 Å². The summed E-state index contributed by atoms with van der Waals surface area (Å²) in [4.78, 5) is 24.1. The Hall–Kier alpha value is -2.05. The molecule has 1 aromatic rings. The van der Waals surface area contributed by atoms with E-state index < -0.39 is 5.97 Å². The van der Waals surface area contributed by atoms with Crippen LogP contribution in [-0.2, 0) is 16.1 Å². The maximum absolute atomic E-state index is 12.4. The number of hydrogen-bond donors (Lipinski definition) is 1. The Labute approximate surface area is 160 Å². The number of nitrogens with zero attached hydrogens (tertiary/aromatic N) is 2. The Kier molecular flexibility index (Phi) is 5.49. The van der Waals surface area contributed by atoms with Crippen LogP contribution in [0, 0.1) is 23.2 Å². The normalized spacial score (nSPS) is 28.2. The zero-order chi connectivity index (χ0) is 19.8. The molecule has 0 amide bonds. The van der Waals surface area contributed by atoms with Crippen molar-refractivity contribution < 1.29 is 14.3 Å². The number of fused-ring (bicyclic) bond motifs is 2. The Balaban J connectivity index is 1.80. The smallest absolute Gasteiger partial charge is 0.327 e. The average molecular weight is 377 g/mol. The van der Waals surface area contributed by atoms with Crippen molar-refractivity contribution in [3.63, 3.8) is 0 Å². The number of aromatic nitrogens is 2. The predicted octanol–water partition coefficient (Wildman–Crippen LogP) is 2.69. The van der Waals surface area contributed by atoms with Gasteiger partial charge in [0, 0.05) is 12.1 Å². The molecule has 1 heterocycles. The summed E-state index contributed by atoms with van der Waals surface area (Å²) in [7, 11) is 0. The van der Waals surface area contributed by atoms with E-state index in [1.165, 1.54) is 12.5 Å². The van der Waals surface area contributed by atoms with E-state index in [1.54, 1.807) is 6.92 Å². The summed E-state index contributed by atoms with van der Waals surface area (Å²) in [6, 6.07) is 1.78. The highest BCUT2D eigenvalue weighted by Gasteiger charge is 2.56. The third-order valence-electron chi connectivity index (χ3n) is 6.52. The van der Waals surface area contributed by atoms with Crippen molar-refractivity contribution in [2.75, 3.05) is 18.5 Å². The van der Waals surface area contributed by atoms with Gasteiger partial charge in [0.05, 0.1) is 13.2 Å². The van der Waals surface area contributed by atoms with E-state index in [2.05, 4.69) is 31.2 Å². The van der Waals surface area contributed by atoms with Gasteiger partial charge < -0.3 is 14.8 Å². The van der Waals surface area contributed by atoms with E-state index in [0.717, 1.165) is 11.1 Å². The molecule has 27 heavy (non-hydrogen) atoms. The van der Waals surface area contributed by atoms with Crippen molar-refractivity contribution in [2.45, 2.75) is 60.0 Å². The fourth-order valence-corrected chi connectivity index (χ4v) is 4.80. The molecule has 3 fully saturated rings. The van der Waals surface area contributed by atoms with Crippen LogP contribution in [0.4, 0.5) is 5.69 Å². The molecule has 0 aliphatic heterocycles. The Bertz CT molecular complexity index is 758. The van der Waals surface area contributed by atoms with Gasteiger partial charge in [0.15, 0.2) is 0 Å². The van der Waals surface area contributed by atoms with E-state index in [4.69, 9.17) is 9.47 Å². The summed E-state index contributed by atoms with van der Waals surface area (Å²) >= 11 is 0. The van der Waals surface area contributed by atoms with E-state index in [1.807, 2.05) is 6.92 Å². The number of ether oxygens (including phenoxy) is 2. The highest BCUT2D eigenvalue weighted by molar-refractivity contribution is 5.69. The zero-order valence-corrected chi connectivity index (χ0v) is 16.9. The van der Waals surface area contributed by atoms with Crippen molar-refractivity contribution in [3.05, 3.63) is 16.4 Å². The van der Waals surface area contributed by atoms with Gasteiger partial charge in [-0.2, -0.15) is 0 Å². The summed E-state index contributed by atoms with van der Waals surface area (Å²) in [5.41, 5.74) is 0.669. The van der Waals surface area contributed by atoms with Crippen molar-refractivity contribution in [3.8, 4) is 5.88 Å². The minimum Gasteiger partial charge on any atom is -0.475 e. The van der Waals surface area contributed by atoms with Gasteiger partial charge >= 0.3 is 5.97 Å². The summed E-state index contributed by atoms with van der Waals surface area (Å²) in [6.07, 6.45) is 2.38. The number of rotatable bonds is 7. The second-order valence-electron chi connectivity index (χ2n) is 8.30. The molecule has 4 rings (SSSR count). The van der Waals surface area contributed by atoms with Crippen molar-refractivity contribution in [1.82, 2.24) is 9.78 Å². The highest BCUT2D eigenvalue weighted by Crippen LogP contribution is 2.61. The molecule has 1 aromatic heterocycles. The third-order valence-corrected chi connectivity index (χ3v) is 6.52. The Morgan fingerprint density at radius 1 is 1.33 bits per heavy atom. The summed E-state index contributed by atoms with van der Waals surface area (Å²) in [6.45, 7) is 11.1. The van der Waals surface area contributed by atoms with Crippen LogP contribution in [0.1, 0.15) is 47.5 Å². The average Bonchev–Trinajstić information content (AvgIpc) is 2.60. The van der Waals surface area contributed by atoms with E-state index >= 15 is 0 Å². The number of anilines is 1. The highest BCUT2D eigenvalue weighted by atomic mass is 16.5. The molecule has 3 aliphatic carbocycles. The fourth-order valence-electron chi connectivity index (χ4n) is 4.80. The van der Waals surface area contributed by atoms with Crippen LogP contribution in [0.25, 0.3) is 0 Å². The molecule has 0 aromatic carbocycles. The maximum Gasteiger partial charge on any atom is 0.327 e. The SMILES string of the molecule is CCOC(=O)Cn1nc(OCC)c(N[C@@H]2C[C@H]3C[C@H]([C@@H]2C)C3(C)C)cc1=O. The Morgan fingerprint density at radius 3 is 2.67 bits per heavy atom. The van der Waals surface area contributed by atoms with Gasteiger partial charge in [0.1, 0.15) is 12.2 Å². The number of carbonyl (C=O) groups excluding carboxylic acids is 1. The molecule has 4 atom stereocenters. The summed E-state index contributed by atoms with van der Waals surface area (Å²) < 4.78 is 11.6. The van der Waals surface area contributed by atoms with Crippen LogP contribution in [0.5, 0.6) is 5.88 Å². The van der Waals surface area contributed by atoms with Crippen LogP contribution >= 0.6 is 0 Å². The predicted molar refractivity (Wildman–Crippen MR) is 103 cm³/mol. The fraction of sp³-hybridized carbons (Fsp3) is 0.750. The minimum atomic E-state index is -0.488. The van der Waals surface area contributed by atoms with E-state index in [0.29, 0.717) is 47.4 Å². The minimum absolute atomic E-state index is 0.217. The van der Waals surface area contributed by atoms with Crippen LogP contribution in [0.15, 0.2) is 10.9 Å². The molecule has 7 heteroatoms. The molecule has 0 saturated heterocycles. The molecule has 7 nitrogen and oxygen atoms in total. The quantitative estimate of drug-likeness (QED) is 0.736. The first-order valence-electron chi connectivity index (χ1n) is 9.95. The lowest BCUT2D eigenvalue weighted by atomic mass is 9.45. The van der Waals surface area contributed by atoms with Gasteiger partial charge in [-0.05, 0) is 49.9 Å². The van der Waals surface area contributed by atoms with Crippen LogP contribution in [0.3, 0.4) is 0 Å². The van der Waals surface area contributed by atoms with E-state index in [9.17, 15) is 9.59 Å². The first-order valence-corrected chi connectivity index (χ1v) is 9.95. The van der Waals surface area contributed by atoms with Crippen LogP contribution in [-0.4, -0.2) is 35.0 Å². The molecular weight excluding hydrogens is 346 g/mol. The van der Waals surface area contributed by atoms with Crippen molar-refractivity contribution in [2.24, 2.45) is 23.2 Å². The summed E-state index contributed by atoms with van der Waals surface area (Å²) in [5.74, 6) is 1.79. The van der Waals surface area contributed by atoms with Gasteiger partial charge in [-0.15, -0.1) is 5.10 Å². The molecule has 150 valence electrons. The number of esters is 1. The standard InChI is InChI=1S/C20H31N3O4/c1-6-26-18(25)11-23-17(24)10-16(19(22-23)27-7-2)21-15-9-13-8-14(12(15)3)20(13,4)5/h10,12-15,21H,6-9,11H2,1-5H3/t12-,13+,14+,15+/m0/s1. The van der Waals surface area contributed by atoms with Crippen LogP contribution in [0.2, 0.25) is 0 Å². The number of nitrogens with one attached hydrogen (secondary N) is 1. The Morgan fingerprint density at radius 2 is 2.07 bits per heavy atom. The van der Waals surface area contributed by atoms with Crippen molar-refractivity contribution >= 4 is 11.7 Å². The number of carbonyl (C=O) groups is 1. The zero-order valence-electron chi connectivity index (χ0n) is 16.9. The first kappa shape index (κ1) is 19.7. The maximum atomic E-state index is 12.4. The summed E-state index contributed by atoms with van der Waals surface area (Å²) in [5, 5.41) is 7.76. The molecular formula is C20H31N3O4. The van der Waals surface area contributed by atoms with Gasteiger partial charge in [-0.1, -0.05) is 20.8 Å². The second-order valence-corrected chi connectivity index (χ2v) is 8.30. The lowest BCUT2D eigenvalue weighted by Gasteiger charge is -2.62. The molecule has 2 bridgehead atoms. The first-order chi connectivity index (χ1) is 12.8. The molecule has 0 spiro atoms. The second kappa shape index (κ2) is 7.52. The van der Waals surface area contributed by atoms with Gasteiger partial charge in [-0.25, -0.2) is 4.68 Å². The molecule has 3 aliphatic rings. The third kappa shape index (κ3) is 3.69. The van der Waals surface area contributed by atoms with Gasteiger partial charge in [0.25, 0.3) is 11.4 Å². The molecule has 0 unspecified atom stereocenters. The van der Waals surface area contributed by atoms with Crippen LogP contribution < -0.4 is 15.6 Å².